The minimum absolute atomic E-state index is 0.380. The predicted molar refractivity (Wildman–Crippen MR) is 55.1 cm³/mol. The number of hydrogen-bond donors (Lipinski definition) is 0. The zero-order valence-electron chi connectivity index (χ0n) is 8.91. The van der Waals surface area contributed by atoms with Crippen LogP contribution < -0.4 is 0 Å². The first kappa shape index (κ1) is 10.9. The lowest BCUT2D eigenvalue weighted by atomic mass is 10.1. The molecule has 0 aromatic rings. The fourth-order valence-electron chi connectivity index (χ4n) is 1.35. The Kier molecular flexibility index (Phi) is 3.83. The zero-order valence-corrected chi connectivity index (χ0v) is 8.91. The molecule has 0 radical (unpaired) electrons. The van der Waals surface area contributed by atoms with Crippen LogP contribution >= 0.6 is 0 Å². The van der Waals surface area contributed by atoms with Gasteiger partial charge in [0.05, 0.1) is 5.71 Å². The molecule has 0 fully saturated rings. The van der Waals surface area contributed by atoms with Gasteiger partial charge in [0.1, 0.15) is 0 Å². The molecule has 1 heterocycles. The molecule has 0 saturated carbocycles. The molecule has 0 bridgehead atoms. The Hall–Kier alpha value is -1.16. The van der Waals surface area contributed by atoms with Gasteiger partial charge in [0.2, 0.25) is 0 Å². The Labute approximate surface area is 84.2 Å². The van der Waals surface area contributed by atoms with Crippen molar-refractivity contribution in [2.75, 3.05) is 20.1 Å². The molecule has 1 rings (SSSR count). The van der Waals surface area contributed by atoms with Crippen molar-refractivity contribution < 1.29 is 9.63 Å². The minimum atomic E-state index is -0.380. The molecule has 0 saturated heterocycles. The Morgan fingerprint density at radius 2 is 2.29 bits per heavy atom. The molecule has 0 aliphatic carbocycles. The summed E-state index contributed by atoms with van der Waals surface area (Å²) < 4.78 is 0. The van der Waals surface area contributed by atoms with E-state index in [0.717, 1.165) is 30.8 Å². The van der Waals surface area contributed by atoms with Crippen molar-refractivity contribution in [2.45, 2.75) is 20.3 Å². The third-order valence-electron chi connectivity index (χ3n) is 2.12. The predicted octanol–water partition coefficient (Wildman–Crippen LogP) is 1.19. The van der Waals surface area contributed by atoms with Crippen LogP contribution in [0.5, 0.6) is 0 Å². The van der Waals surface area contributed by atoms with Crippen LogP contribution in [0.1, 0.15) is 20.3 Å². The van der Waals surface area contributed by atoms with Crippen molar-refractivity contribution in [1.82, 2.24) is 4.90 Å². The van der Waals surface area contributed by atoms with Gasteiger partial charge in [-0.2, -0.15) is 0 Å². The van der Waals surface area contributed by atoms with E-state index in [1.807, 2.05) is 6.92 Å². The highest BCUT2D eigenvalue weighted by molar-refractivity contribution is 5.98. The average molecular weight is 196 g/mol. The van der Waals surface area contributed by atoms with E-state index in [0.29, 0.717) is 0 Å². The Balaban J connectivity index is 2.59. The van der Waals surface area contributed by atoms with Gasteiger partial charge in [-0.25, -0.2) is 4.79 Å². The molecule has 0 unspecified atom stereocenters. The number of likely N-dealkylation sites (N-methyl/N-ethyl adjacent to an activating group) is 1. The number of carbonyl (C=O) groups excluding carboxylic acids is 1. The lowest BCUT2D eigenvalue weighted by Gasteiger charge is -2.22. The topological polar surface area (TPSA) is 41.9 Å². The summed E-state index contributed by atoms with van der Waals surface area (Å²) in [6.45, 7) is 5.15. The maximum absolute atomic E-state index is 10.5. The first-order chi connectivity index (χ1) is 6.59. The quantitative estimate of drug-likeness (QED) is 0.378. The summed E-state index contributed by atoms with van der Waals surface area (Å²) in [6.07, 6.45) is 3.17. The molecule has 1 aliphatic rings. The van der Waals surface area contributed by atoms with E-state index in [2.05, 4.69) is 28.0 Å². The van der Waals surface area contributed by atoms with Crippen molar-refractivity contribution in [3.05, 3.63) is 11.6 Å². The second-order valence-electron chi connectivity index (χ2n) is 3.52. The molecule has 0 aromatic heterocycles. The highest BCUT2D eigenvalue weighted by atomic mass is 16.7. The lowest BCUT2D eigenvalue weighted by molar-refractivity contribution is -0.140. The Bertz CT molecular complexity index is 282. The molecular formula is C10H16N2O2. The van der Waals surface area contributed by atoms with Crippen LogP contribution in [-0.4, -0.2) is 36.7 Å². The van der Waals surface area contributed by atoms with E-state index in [1.165, 1.54) is 6.92 Å². The molecule has 0 atom stereocenters. The maximum Gasteiger partial charge on any atom is 0.331 e. The van der Waals surface area contributed by atoms with E-state index in [9.17, 15) is 4.79 Å². The highest BCUT2D eigenvalue weighted by Crippen LogP contribution is 2.09. The monoisotopic (exact) mass is 196 g/mol. The van der Waals surface area contributed by atoms with Crippen LogP contribution in [0.2, 0.25) is 0 Å². The van der Waals surface area contributed by atoms with Gasteiger partial charge in [-0.1, -0.05) is 11.2 Å². The molecule has 0 aromatic carbocycles. The number of rotatable bonds is 2. The van der Waals surface area contributed by atoms with Gasteiger partial charge >= 0.3 is 5.97 Å². The van der Waals surface area contributed by atoms with Gasteiger partial charge in [0.25, 0.3) is 0 Å². The van der Waals surface area contributed by atoms with Gasteiger partial charge in [0, 0.05) is 20.0 Å². The molecule has 0 spiro atoms. The molecule has 4 nitrogen and oxygen atoms in total. The van der Waals surface area contributed by atoms with Gasteiger partial charge in [-0.3, -0.25) is 0 Å². The van der Waals surface area contributed by atoms with E-state index in [-0.39, 0.29) is 5.97 Å². The van der Waals surface area contributed by atoms with Crippen LogP contribution in [0.3, 0.4) is 0 Å². The lowest BCUT2D eigenvalue weighted by Crippen LogP contribution is -2.28. The van der Waals surface area contributed by atoms with Crippen molar-refractivity contribution in [3.63, 3.8) is 0 Å². The van der Waals surface area contributed by atoms with Gasteiger partial charge < -0.3 is 9.74 Å². The van der Waals surface area contributed by atoms with Crippen molar-refractivity contribution >= 4 is 11.7 Å². The van der Waals surface area contributed by atoms with Crippen molar-refractivity contribution in [2.24, 2.45) is 5.16 Å². The number of nitrogens with zero attached hydrogens (tertiary/aromatic N) is 2. The molecule has 1 aliphatic heterocycles. The smallest absolute Gasteiger partial charge is 0.318 e. The summed E-state index contributed by atoms with van der Waals surface area (Å²) >= 11 is 0. The Morgan fingerprint density at radius 3 is 2.86 bits per heavy atom. The molecule has 4 heteroatoms. The zero-order chi connectivity index (χ0) is 10.6. The SMILES string of the molecule is CC(=O)ON=C(C)C1=CCCN(C)C1. The van der Waals surface area contributed by atoms with Gasteiger partial charge in [-0.15, -0.1) is 0 Å². The van der Waals surface area contributed by atoms with E-state index >= 15 is 0 Å². The fourth-order valence-corrected chi connectivity index (χ4v) is 1.35. The summed E-state index contributed by atoms with van der Waals surface area (Å²) in [4.78, 5) is 17.3. The fraction of sp³-hybridized carbons (Fsp3) is 0.600. The summed E-state index contributed by atoms with van der Waals surface area (Å²) in [7, 11) is 2.06. The van der Waals surface area contributed by atoms with E-state index < -0.39 is 0 Å². The van der Waals surface area contributed by atoms with Crippen LogP contribution in [0.25, 0.3) is 0 Å². The number of carbonyl (C=O) groups is 1. The van der Waals surface area contributed by atoms with Crippen LogP contribution in [0.4, 0.5) is 0 Å². The van der Waals surface area contributed by atoms with Crippen LogP contribution in [0, 0.1) is 0 Å². The third-order valence-corrected chi connectivity index (χ3v) is 2.12. The number of oxime groups is 1. The molecular weight excluding hydrogens is 180 g/mol. The second kappa shape index (κ2) is 4.91. The molecule has 14 heavy (non-hydrogen) atoms. The number of hydrogen-bond acceptors (Lipinski definition) is 4. The molecule has 0 N–H and O–H groups in total. The molecule has 0 amide bonds. The van der Waals surface area contributed by atoms with Crippen LogP contribution in [0.15, 0.2) is 16.8 Å². The van der Waals surface area contributed by atoms with Crippen LogP contribution in [-0.2, 0) is 9.63 Å². The van der Waals surface area contributed by atoms with Gasteiger partial charge in [-0.05, 0) is 26.0 Å². The standard InChI is InChI=1S/C10H16N2O2/c1-8(11-14-9(2)13)10-5-4-6-12(3)7-10/h5H,4,6-7H2,1-3H3. The average Bonchev–Trinajstić information content (AvgIpc) is 2.14. The van der Waals surface area contributed by atoms with E-state index in [1.54, 1.807) is 0 Å². The summed E-state index contributed by atoms with van der Waals surface area (Å²) in [5.41, 5.74) is 1.92. The summed E-state index contributed by atoms with van der Waals surface area (Å²) in [6, 6.07) is 0. The highest BCUT2D eigenvalue weighted by Gasteiger charge is 2.11. The first-order valence-electron chi connectivity index (χ1n) is 4.69. The van der Waals surface area contributed by atoms with Crippen molar-refractivity contribution in [1.29, 1.82) is 0 Å². The Morgan fingerprint density at radius 1 is 1.57 bits per heavy atom. The largest absolute Gasteiger partial charge is 0.331 e. The normalized spacial score (nSPS) is 19.1. The molecule has 78 valence electrons. The minimum Gasteiger partial charge on any atom is -0.318 e. The van der Waals surface area contributed by atoms with Crippen molar-refractivity contribution in [3.8, 4) is 0 Å². The van der Waals surface area contributed by atoms with Gasteiger partial charge in [0.15, 0.2) is 0 Å². The maximum atomic E-state index is 10.5. The van der Waals surface area contributed by atoms with E-state index in [4.69, 9.17) is 0 Å². The summed E-state index contributed by atoms with van der Waals surface area (Å²) in [5, 5.41) is 3.75. The first-order valence-corrected chi connectivity index (χ1v) is 4.69. The third kappa shape index (κ3) is 3.30. The summed E-state index contributed by atoms with van der Waals surface area (Å²) in [5.74, 6) is -0.380. The second-order valence-corrected chi connectivity index (χ2v) is 3.52.